The molecule has 3 aromatic rings. The first-order valence-corrected chi connectivity index (χ1v) is 5.67. The molecule has 0 atom stereocenters. The van der Waals surface area contributed by atoms with E-state index in [0.29, 0.717) is 9.99 Å². The molecule has 2 heterocycles. The van der Waals surface area contributed by atoms with Gasteiger partial charge in [-0.25, -0.2) is 9.37 Å². The van der Waals surface area contributed by atoms with Crippen LogP contribution in [0.15, 0.2) is 41.0 Å². The zero-order valence-electron chi connectivity index (χ0n) is 8.51. The highest BCUT2D eigenvalue weighted by Gasteiger charge is 2.11. The normalized spacial score (nSPS) is 10.9. The summed E-state index contributed by atoms with van der Waals surface area (Å²) in [7, 11) is 0. The number of pyridine rings is 1. The molecule has 0 amide bonds. The molecular weight excluding hydrogens is 287 g/mol. The fourth-order valence-electron chi connectivity index (χ4n) is 1.59. The number of halogens is 2. The van der Waals surface area contributed by atoms with Gasteiger partial charge in [0.05, 0.1) is 5.52 Å². The summed E-state index contributed by atoms with van der Waals surface area (Å²) in [4.78, 5) is 4.01. The Labute approximate surface area is 104 Å². The number of hydrogen-bond acceptors (Lipinski definition) is 3. The summed E-state index contributed by atoms with van der Waals surface area (Å²) in [5, 5.41) is 7.86. The van der Waals surface area contributed by atoms with E-state index in [4.69, 9.17) is 0 Å². The second-order valence-electron chi connectivity index (χ2n) is 3.45. The van der Waals surface area contributed by atoms with Crippen molar-refractivity contribution in [1.29, 1.82) is 0 Å². The minimum Gasteiger partial charge on any atom is -0.233 e. The first-order valence-electron chi connectivity index (χ1n) is 4.87. The molecule has 0 radical (unpaired) electrons. The van der Waals surface area contributed by atoms with Gasteiger partial charge in [0.15, 0.2) is 11.6 Å². The third-order valence-electron chi connectivity index (χ3n) is 2.34. The van der Waals surface area contributed by atoms with Crippen LogP contribution in [0.1, 0.15) is 0 Å². The van der Waals surface area contributed by atoms with E-state index in [1.807, 2.05) is 24.3 Å². The molecule has 0 unspecified atom stereocenters. The number of fused-ring (bicyclic) bond motifs is 1. The molecule has 3 rings (SSSR count). The van der Waals surface area contributed by atoms with E-state index in [2.05, 4.69) is 31.2 Å². The summed E-state index contributed by atoms with van der Waals surface area (Å²) < 4.78 is 15.7. The van der Waals surface area contributed by atoms with Crippen LogP contribution in [0.4, 0.5) is 4.39 Å². The molecule has 1 aromatic carbocycles. The molecule has 0 saturated heterocycles. The Balaban J connectivity index is 2.27. The molecule has 0 spiro atoms. The summed E-state index contributed by atoms with van der Waals surface area (Å²) in [6, 6.07) is 8.68. The maximum Gasteiger partial charge on any atom is 0.191 e. The van der Waals surface area contributed by atoms with Crippen molar-refractivity contribution < 1.29 is 4.39 Å². The van der Waals surface area contributed by atoms with Gasteiger partial charge in [0.25, 0.3) is 0 Å². The van der Waals surface area contributed by atoms with E-state index < -0.39 is 5.82 Å². The van der Waals surface area contributed by atoms with Crippen molar-refractivity contribution in [3.8, 4) is 5.82 Å². The highest BCUT2D eigenvalue weighted by molar-refractivity contribution is 9.10. The van der Waals surface area contributed by atoms with Gasteiger partial charge in [-0.15, -0.1) is 5.10 Å². The van der Waals surface area contributed by atoms with Crippen LogP contribution in [0.5, 0.6) is 0 Å². The molecule has 2 aromatic heterocycles. The zero-order valence-corrected chi connectivity index (χ0v) is 10.1. The van der Waals surface area contributed by atoms with E-state index in [1.54, 1.807) is 0 Å². The largest absolute Gasteiger partial charge is 0.233 e. The van der Waals surface area contributed by atoms with Gasteiger partial charge < -0.3 is 0 Å². The number of aromatic nitrogens is 4. The first-order chi connectivity index (χ1) is 8.25. The average Bonchev–Trinajstić information content (AvgIpc) is 2.73. The third kappa shape index (κ3) is 1.70. The summed E-state index contributed by atoms with van der Waals surface area (Å²) >= 11 is 3.16. The number of nitrogens with zero attached hydrogens (tertiary/aromatic N) is 4. The second-order valence-corrected chi connectivity index (χ2v) is 4.36. The Morgan fingerprint density at radius 3 is 2.88 bits per heavy atom. The van der Waals surface area contributed by atoms with Crippen molar-refractivity contribution in [3.63, 3.8) is 0 Å². The molecule has 4 nitrogen and oxygen atoms in total. The zero-order chi connectivity index (χ0) is 11.8. The maximum absolute atomic E-state index is 13.8. The van der Waals surface area contributed by atoms with Crippen molar-refractivity contribution in [2.24, 2.45) is 0 Å². The van der Waals surface area contributed by atoms with Crippen molar-refractivity contribution in [3.05, 3.63) is 46.8 Å². The molecule has 0 aliphatic carbocycles. The quantitative estimate of drug-likeness (QED) is 0.693. The maximum atomic E-state index is 13.8. The highest BCUT2D eigenvalue weighted by atomic mass is 79.9. The predicted octanol–water partition coefficient (Wildman–Crippen LogP) is 2.72. The smallest absolute Gasteiger partial charge is 0.191 e. The molecule has 0 fully saturated rings. The molecule has 0 aliphatic rings. The van der Waals surface area contributed by atoms with Crippen LogP contribution >= 0.6 is 15.9 Å². The summed E-state index contributed by atoms with van der Waals surface area (Å²) in [5.74, 6) is -0.308. The van der Waals surface area contributed by atoms with Crippen LogP contribution < -0.4 is 0 Å². The SMILES string of the molecule is Fc1cc(Br)cnc1-n1nnc2ccccc21. The lowest BCUT2D eigenvalue weighted by Gasteiger charge is -2.02. The minimum absolute atomic E-state index is 0.141. The van der Waals surface area contributed by atoms with Crippen LogP contribution in [0.3, 0.4) is 0 Å². The number of hydrogen-bond donors (Lipinski definition) is 0. The molecule has 84 valence electrons. The van der Waals surface area contributed by atoms with Crippen LogP contribution in [0.25, 0.3) is 16.9 Å². The Bertz CT molecular complexity index is 695. The van der Waals surface area contributed by atoms with E-state index in [9.17, 15) is 4.39 Å². The van der Waals surface area contributed by atoms with E-state index >= 15 is 0 Å². The highest BCUT2D eigenvalue weighted by Crippen LogP contribution is 2.19. The van der Waals surface area contributed by atoms with Gasteiger partial charge in [0.2, 0.25) is 0 Å². The van der Waals surface area contributed by atoms with Gasteiger partial charge in [-0.3, -0.25) is 0 Å². The lowest BCUT2D eigenvalue weighted by Crippen LogP contribution is -2.02. The Morgan fingerprint density at radius 2 is 2.06 bits per heavy atom. The Kier molecular flexibility index (Phi) is 2.36. The minimum atomic E-state index is -0.449. The fraction of sp³-hybridized carbons (Fsp3) is 0. The van der Waals surface area contributed by atoms with Crippen molar-refractivity contribution in [2.45, 2.75) is 0 Å². The van der Waals surface area contributed by atoms with E-state index in [0.717, 1.165) is 5.52 Å². The van der Waals surface area contributed by atoms with Crippen LogP contribution in [-0.2, 0) is 0 Å². The van der Waals surface area contributed by atoms with E-state index in [1.165, 1.54) is 16.9 Å². The topological polar surface area (TPSA) is 43.6 Å². The number of rotatable bonds is 1. The van der Waals surface area contributed by atoms with Gasteiger partial charge >= 0.3 is 0 Å². The number of para-hydroxylation sites is 1. The molecule has 0 N–H and O–H groups in total. The first kappa shape index (κ1) is 10.3. The van der Waals surface area contributed by atoms with E-state index in [-0.39, 0.29) is 5.82 Å². The second kappa shape index (κ2) is 3.89. The van der Waals surface area contributed by atoms with Crippen molar-refractivity contribution in [1.82, 2.24) is 20.0 Å². The Hall–Kier alpha value is -1.82. The summed E-state index contributed by atoms with van der Waals surface area (Å²) in [5.41, 5.74) is 1.43. The molecule has 17 heavy (non-hydrogen) atoms. The lowest BCUT2D eigenvalue weighted by atomic mass is 10.3. The number of benzene rings is 1. The van der Waals surface area contributed by atoms with Gasteiger partial charge in [-0.1, -0.05) is 17.3 Å². The molecule has 0 bridgehead atoms. The average molecular weight is 293 g/mol. The third-order valence-corrected chi connectivity index (χ3v) is 2.77. The van der Waals surface area contributed by atoms with Crippen LogP contribution in [0, 0.1) is 5.82 Å². The van der Waals surface area contributed by atoms with Crippen molar-refractivity contribution >= 4 is 27.0 Å². The lowest BCUT2D eigenvalue weighted by molar-refractivity contribution is 0.598. The molecule has 0 aliphatic heterocycles. The monoisotopic (exact) mass is 292 g/mol. The molecular formula is C11H6BrFN4. The standard InChI is InChI=1S/C11H6BrFN4/c12-7-5-8(13)11(14-6-7)17-10-4-2-1-3-9(10)15-16-17/h1-6H. The van der Waals surface area contributed by atoms with Gasteiger partial charge in [-0.2, -0.15) is 4.68 Å². The van der Waals surface area contributed by atoms with Crippen LogP contribution in [-0.4, -0.2) is 20.0 Å². The Morgan fingerprint density at radius 1 is 1.24 bits per heavy atom. The molecule has 6 heteroatoms. The summed E-state index contributed by atoms with van der Waals surface area (Å²) in [6.07, 6.45) is 1.52. The predicted molar refractivity (Wildman–Crippen MR) is 64.3 cm³/mol. The van der Waals surface area contributed by atoms with Gasteiger partial charge in [0.1, 0.15) is 5.52 Å². The van der Waals surface area contributed by atoms with Gasteiger partial charge in [-0.05, 0) is 34.1 Å². The summed E-state index contributed by atoms with van der Waals surface area (Å²) in [6.45, 7) is 0. The van der Waals surface area contributed by atoms with Crippen LogP contribution in [0.2, 0.25) is 0 Å². The molecule has 0 saturated carbocycles. The van der Waals surface area contributed by atoms with Crippen molar-refractivity contribution in [2.75, 3.05) is 0 Å². The fourth-order valence-corrected chi connectivity index (χ4v) is 1.89. The van der Waals surface area contributed by atoms with Gasteiger partial charge in [0, 0.05) is 10.7 Å².